The van der Waals surface area contributed by atoms with E-state index >= 15 is 0 Å². The molecule has 3 aromatic rings. The van der Waals surface area contributed by atoms with Crippen LogP contribution in [0.15, 0.2) is 60.0 Å². The quantitative estimate of drug-likeness (QED) is 0.367. The molecule has 0 spiro atoms. The first-order valence-corrected chi connectivity index (χ1v) is 14.3. The number of halogens is 1. The highest BCUT2D eigenvalue weighted by Crippen LogP contribution is 2.31. The first-order chi connectivity index (χ1) is 19.4. The number of nitrogens with one attached hydrogen (secondary N) is 2. The summed E-state index contributed by atoms with van der Waals surface area (Å²) < 4.78 is 48.4. The lowest BCUT2D eigenvalue weighted by atomic mass is 9.99. The summed E-state index contributed by atoms with van der Waals surface area (Å²) in [4.78, 5) is 31.6. The zero-order chi connectivity index (χ0) is 29.9. The first kappa shape index (κ1) is 30.0. The van der Waals surface area contributed by atoms with Crippen LogP contribution in [0.2, 0.25) is 0 Å². The molecule has 0 radical (unpaired) electrons. The van der Waals surface area contributed by atoms with Gasteiger partial charge >= 0.3 is 6.03 Å². The van der Waals surface area contributed by atoms with Crippen LogP contribution >= 0.6 is 0 Å². The van der Waals surface area contributed by atoms with E-state index in [2.05, 4.69) is 15.6 Å². The zero-order valence-electron chi connectivity index (χ0n) is 23.1. The molecule has 1 aliphatic heterocycles. The number of benzene rings is 2. The molecular weight excluding hydrogens is 555 g/mol. The average Bonchev–Trinajstić information content (AvgIpc) is 3.38. The Hall–Kier alpha value is -4.01. The Morgan fingerprint density at radius 1 is 1.22 bits per heavy atom. The van der Waals surface area contributed by atoms with Crippen LogP contribution in [0.1, 0.15) is 24.2 Å². The predicted molar refractivity (Wildman–Crippen MR) is 150 cm³/mol. The number of amides is 3. The molecule has 41 heavy (non-hydrogen) atoms. The molecule has 0 bridgehead atoms. The lowest BCUT2D eigenvalue weighted by molar-refractivity contribution is 0.0387. The van der Waals surface area contributed by atoms with E-state index in [1.807, 2.05) is 6.92 Å². The second kappa shape index (κ2) is 12.2. The minimum atomic E-state index is -3.91. The third-order valence-corrected chi connectivity index (χ3v) is 8.53. The molecule has 0 saturated carbocycles. The van der Waals surface area contributed by atoms with Crippen molar-refractivity contribution in [2.45, 2.75) is 31.0 Å². The fraction of sp³-hybridized carbons (Fsp3) is 0.370. The van der Waals surface area contributed by atoms with E-state index in [0.29, 0.717) is 5.69 Å². The number of carbonyl (C=O) groups is 2. The Labute approximate surface area is 237 Å². The lowest BCUT2D eigenvalue weighted by Gasteiger charge is -2.38. The highest BCUT2D eigenvalue weighted by atomic mass is 32.2. The Morgan fingerprint density at radius 3 is 2.51 bits per heavy atom. The van der Waals surface area contributed by atoms with Crippen molar-refractivity contribution in [3.63, 3.8) is 0 Å². The molecule has 0 saturated heterocycles. The molecular formula is C27H33FN6O6S. The van der Waals surface area contributed by atoms with Gasteiger partial charge in [0.25, 0.3) is 15.9 Å². The average molecular weight is 589 g/mol. The number of hydrogen-bond acceptors (Lipinski definition) is 7. The van der Waals surface area contributed by atoms with Gasteiger partial charge in [-0.25, -0.2) is 22.6 Å². The number of fused-ring (bicyclic) bond motifs is 1. The van der Waals surface area contributed by atoms with Crippen LogP contribution in [-0.2, 0) is 17.1 Å². The van der Waals surface area contributed by atoms with E-state index in [4.69, 9.17) is 4.74 Å². The van der Waals surface area contributed by atoms with Gasteiger partial charge in [-0.1, -0.05) is 6.92 Å². The number of carbonyl (C=O) groups excluding carboxylic acids is 2. The number of sulfonamides is 1. The van der Waals surface area contributed by atoms with E-state index in [1.165, 1.54) is 65.4 Å². The zero-order valence-corrected chi connectivity index (χ0v) is 23.9. The predicted octanol–water partition coefficient (Wildman–Crippen LogP) is 2.74. The number of aliphatic hydroxyl groups excluding tert-OH is 1. The van der Waals surface area contributed by atoms with Crippen LogP contribution in [0.5, 0.6) is 5.75 Å². The van der Waals surface area contributed by atoms with Crippen LogP contribution < -0.4 is 15.4 Å². The number of ether oxygens (including phenoxy) is 1. The molecule has 3 amide bonds. The van der Waals surface area contributed by atoms with Gasteiger partial charge in [0.15, 0.2) is 5.03 Å². The van der Waals surface area contributed by atoms with Crippen LogP contribution in [0.25, 0.3) is 0 Å². The Bertz CT molecular complexity index is 1510. The molecule has 0 unspecified atom stereocenters. The maximum atomic E-state index is 13.6. The highest BCUT2D eigenvalue weighted by Gasteiger charge is 2.35. The third-order valence-electron chi connectivity index (χ3n) is 6.82. The monoisotopic (exact) mass is 588 g/mol. The molecule has 1 aliphatic rings. The summed E-state index contributed by atoms with van der Waals surface area (Å²) in [6, 6.07) is 8.64. The maximum absolute atomic E-state index is 13.6. The number of likely N-dealkylation sites (N-methyl/N-ethyl adjacent to an activating group) is 1. The number of anilines is 2. The minimum absolute atomic E-state index is 0.0326. The number of aromatic nitrogens is 2. The number of urea groups is 1. The topological polar surface area (TPSA) is 146 Å². The Balaban J connectivity index is 1.61. The van der Waals surface area contributed by atoms with Crippen molar-refractivity contribution in [1.82, 2.24) is 18.8 Å². The van der Waals surface area contributed by atoms with E-state index in [0.717, 1.165) is 4.31 Å². The number of nitrogens with zero attached hydrogens (tertiary/aromatic N) is 4. The van der Waals surface area contributed by atoms with Crippen molar-refractivity contribution in [2.24, 2.45) is 13.0 Å². The summed E-state index contributed by atoms with van der Waals surface area (Å²) in [6.45, 7) is 3.42. The molecule has 14 heteroatoms. The molecule has 4 rings (SSSR count). The fourth-order valence-electron chi connectivity index (χ4n) is 4.38. The summed E-state index contributed by atoms with van der Waals surface area (Å²) in [5, 5.41) is 15.0. The summed E-state index contributed by atoms with van der Waals surface area (Å²) >= 11 is 0. The fourth-order valence-corrected chi connectivity index (χ4v) is 5.52. The Kier molecular flexibility index (Phi) is 8.95. The van der Waals surface area contributed by atoms with E-state index in [1.54, 1.807) is 20.0 Å². The van der Waals surface area contributed by atoms with Gasteiger partial charge in [-0.15, -0.1) is 0 Å². The maximum Gasteiger partial charge on any atom is 0.323 e. The number of rotatable bonds is 8. The van der Waals surface area contributed by atoms with Gasteiger partial charge in [-0.2, -0.15) is 4.31 Å². The van der Waals surface area contributed by atoms with Crippen molar-refractivity contribution in [1.29, 1.82) is 0 Å². The molecule has 12 nitrogen and oxygen atoms in total. The van der Waals surface area contributed by atoms with Gasteiger partial charge in [-0.3, -0.25) is 4.79 Å². The molecule has 220 valence electrons. The number of aliphatic hydroxyl groups is 1. The highest BCUT2D eigenvalue weighted by molar-refractivity contribution is 7.89. The van der Waals surface area contributed by atoms with Gasteiger partial charge in [0.2, 0.25) is 0 Å². The van der Waals surface area contributed by atoms with Crippen LogP contribution in [0, 0.1) is 11.7 Å². The number of aryl methyl sites for hydroxylation is 1. The SMILES string of the molecule is C[C@H]1CN([C@@H](C)CO)C(=O)c2cc(NC(=O)Nc3ccc(F)cc3)ccc2O[C@H]1CN(C)S(=O)(=O)c1cn(C)cn1. The second-order valence-electron chi connectivity index (χ2n) is 10.1. The van der Waals surface area contributed by atoms with Crippen molar-refractivity contribution < 1.29 is 32.2 Å². The van der Waals surface area contributed by atoms with E-state index in [-0.39, 0.29) is 47.6 Å². The summed E-state index contributed by atoms with van der Waals surface area (Å²) in [7, 11) is -0.798. The van der Waals surface area contributed by atoms with Crippen LogP contribution in [-0.4, -0.2) is 83.1 Å². The van der Waals surface area contributed by atoms with Crippen molar-refractivity contribution in [2.75, 3.05) is 37.4 Å². The Morgan fingerprint density at radius 2 is 1.88 bits per heavy atom. The van der Waals surface area contributed by atoms with Gasteiger partial charge < -0.3 is 29.9 Å². The lowest BCUT2D eigenvalue weighted by Crippen LogP contribution is -2.50. The molecule has 1 aromatic heterocycles. The molecule has 0 aliphatic carbocycles. The molecule has 3 N–H and O–H groups in total. The molecule has 3 atom stereocenters. The summed E-state index contributed by atoms with van der Waals surface area (Å²) in [6.07, 6.45) is 2.14. The standard InChI is InChI=1S/C27H33FN6O6S/c1-17-12-34(18(2)15-35)26(36)22-11-21(31-27(37)30-20-7-5-19(28)6-8-20)9-10-23(22)40-24(17)13-33(4)41(38,39)25-14-32(3)16-29-25/h5-11,14,16-18,24,35H,12-13,15H2,1-4H3,(H2,30,31,37)/t17-,18-,24-/m0/s1. The molecule has 2 heterocycles. The van der Waals surface area contributed by atoms with Gasteiger partial charge in [0, 0.05) is 44.1 Å². The van der Waals surface area contributed by atoms with Crippen molar-refractivity contribution in [3.8, 4) is 5.75 Å². The summed E-state index contributed by atoms with van der Waals surface area (Å²) in [5.74, 6) is -0.966. The largest absolute Gasteiger partial charge is 0.488 e. The number of hydrogen-bond donors (Lipinski definition) is 3. The second-order valence-corrected chi connectivity index (χ2v) is 12.1. The van der Waals surface area contributed by atoms with Crippen LogP contribution in [0.3, 0.4) is 0 Å². The van der Waals surface area contributed by atoms with Gasteiger partial charge in [-0.05, 0) is 49.4 Å². The van der Waals surface area contributed by atoms with E-state index in [9.17, 15) is 27.5 Å². The molecule has 2 aromatic carbocycles. The number of imidazole rings is 1. The van der Waals surface area contributed by atoms with Gasteiger partial charge in [0.05, 0.1) is 31.1 Å². The van der Waals surface area contributed by atoms with Crippen molar-refractivity contribution >= 4 is 33.3 Å². The van der Waals surface area contributed by atoms with Crippen molar-refractivity contribution in [3.05, 3.63) is 66.4 Å². The summed E-state index contributed by atoms with van der Waals surface area (Å²) in [5.41, 5.74) is 0.799. The first-order valence-electron chi connectivity index (χ1n) is 12.9. The smallest absolute Gasteiger partial charge is 0.323 e. The molecule has 0 fully saturated rings. The van der Waals surface area contributed by atoms with E-state index < -0.39 is 39.9 Å². The van der Waals surface area contributed by atoms with Gasteiger partial charge in [0.1, 0.15) is 17.7 Å². The minimum Gasteiger partial charge on any atom is -0.488 e. The van der Waals surface area contributed by atoms with Crippen LogP contribution in [0.4, 0.5) is 20.6 Å². The normalized spacial score (nSPS) is 18.2. The third kappa shape index (κ3) is 6.84.